The van der Waals surface area contributed by atoms with Gasteiger partial charge in [0.15, 0.2) is 22.9 Å². The van der Waals surface area contributed by atoms with E-state index in [0.717, 1.165) is 17.8 Å². The van der Waals surface area contributed by atoms with E-state index in [1.807, 2.05) is 13.8 Å². The third kappa shape index (κ3) is 3.12. The number of carbonyl (C=O) groups excluding carboxylic acids is 1. The normalized spacial score (nSPS) is 23.3. The lowest BCUT2D eigenvalue weighted by Gasteiger charge is -2.37. The van der Waals surface area contributed by atoms with Crippen LogP contribution in [0.5, 0.6) is 0 Å². The van der Waals surface area contributed by atoms with Crippen molar-refractivity contribution in [3.8, 4) is 10.6 Å². The Morgan fingerprint density at radius 3 is 2.50 bits per heavy atom. The fourth-order valence-electron chi connectivity index (χ4n) is 3.40. The molecule has 2 aromatic rings. The van der Waals surface area contributed by atoms with Gasteiger partial charge in [0, 0.05) is 24.6 Å². The van der Waals surface area contributed by atoms with Crippen molar-refractivity contribution in [2.24, 2.45) is 0 Å². The standard InChI is InChI=1S/C18H19F2N3O2S/c1-9-6-23(7-10(2)25-9)16-12(8-24)5-13(14(19)15(16)20)18-22-21-17(26-18)11-3-4-11/h5,8-11H,3-4,6-7H2,1-2H3. The Morgan fingerprint density at radius 1 is 1.19 bits per heavy atom. The Balaban J connectivity index is 1.76. The highest BCUT2D eigenvalue weighted by Crippen LogP contribution is 2.43. The topological polar surface area (TPSA) is 55.3 Å². The third-order valence-corrected chi connectivity index (χ3v) is 5.79. The molecule has 4 rings (SSSR count). The highest BCUT2D eigenvalue weighted by molar-refractivity contribution is 7.14. The number of carbonyl (C=O) groups is 1. The summed E-state index contributed by atoms with van der Waals surface area (Å²) in [5.41, 5.74) is 0.102. The van der Waals surface area contributed by atoms with Crippen molar-refractivity contribution in [1.82, 2.24) is 10.2 Å². The Labute approximate surface area is 154 Å². The molecular weight excluding hydrogens is 360 g/mol. The molecule has 8 heteroatoms. The summed E-state index contributed by atoms with van der Waals surface area (Å²) in [6, 6.07) is 1.38. The second-order valence-corrected chi connectivity index (χ2v) is 8.00. The van der Waals surface area contributed by atoms with Gasteiger partial charge in [-0.25, -0.2) is 8.78 Å². The number of hydrogen-bond acceptors (Lipinski definition) is 6. The van der Waals surface area contributed by atoms with Crippen molar-refractivity contribution in [3.05, 3.63) is 28.3 Å². The van der Waals surface area contributed by atoms with Gasteiger partial charge >= 0.3 is 0 Å². The molecule has 2 aliphatic rings. The Bertz CT molecular complexity index is 843. The Morgan fingerprint density at radius 2 is 1.88 bits per heavy atom. The van der Waals surface area contributed by atoms with Gasteiger partial charge in [-0.15, -0.1) is 10.2 Å². The molecule has 1 saturated heterocycles. The van der Waals surface area contributed by atoms with E-state index in [9.17, 15) is 13.6 Å². The number of halogens is 2. The van der Waals surface area contributed by atoms with Crippen LogP contribution in [-0.4, -0.2) is 41.8 Å². The van der Waals surface area contributed by atoms with Crippen molar-refractivity contribution in [1.29, 1.82) is 0 Å². The van der Waals surface area contributed by atoms with Gasteiger partial charge in [0.05, 0.1) is 23.5 Å². The summed E-state index contributed by atoms with van der Waals surface area (Å²) < 4.78 is 35.4. The van der Waals surface area contributed by atoms with Crippen LogP contribution < -0.4 is 4.90 Å². The van der Waals surface area contributed by atoms with Crippen LogP contribution in [0.2, 0.25) is 0 Å². The van der Waals surface area contributed by atoms with Crippen LogP contribution in [0.3, 0.4) is 0 Å². The zero-order valence-corrected chi connectivity index (χ0v) is 15.4. The zero-order chi connectivity index (χ0) is 18.4. The molecular formula is C18H19F2N3O2S. The summed E-state index contributed by atoms with van der Waals surface area (Å²) in [4.78, 5) is 13.3. The fourth-order valence-corrected chi connectivity index (χ4v) is 4.42. The maximum atomic E-state index is 15.0. The molecule has 1 aromatic carbocycles. The lowest BCUT2D eigenvalue weighted by molar-refractivity contribution is -0.00546. The fraction of sp³-hybridized carbons (Fsp3) is 0.500. The first-order valence-corrected chi connectivity index (χ1v) is 9.51. The second kappa shape index (κ2) is 6.66. The largest absolute Gasteiger partial charge is 0.372 e. The number of aldehydes is 1. The average molecular weight is 379 g/mol. The van der Waals surface area contributed by atoms with E-state index in [-0.39, 0.29) is 29.0 Å². The summed E-state index contributed by atoms with van der Waals surface area (Å²) in [5, 5.41) is 9.23. The first-order valence-electron chi connectivity index (χ1n) is 8.69. The number of hydrogen-bond donors (Lipinski definition) is 0. The van der Waals surface area contributed by atoms with Gasteiger partial charge in [-0.3, -0.25) is 4.79 Å². The molecule has 0 spiro atoms. The average Bonchev–Trinajstić information content (AvgIpc) is 3.33. The molecule has 1 aliphatic heterocycles. The van der Waals surface area contributed by atoms with Crippen molar-refractivity contribution in [2.45, 2.75) is 44.8 Å². The number of rotatable bonds is 4. The number of anilines is 1. The van der Waals surface area contributed by atoms with Gasteiger partial charge in [0.1, 0.15) is 5.01 Å². The lowest BCUT2D eigenvalue weighted by Crippen LogP contribution is -2.46. The second-order valence-electron chi connectivity index (χ2n) is 6.99. The van der Waals surface area contributed by atoms with Gasteiger partial charge in [0.2, 0.25) is 0 Å². The predicted octanol–water partition coefficient (Wildman–Crippen LogP) is 3.79. The molecule has 2 unspecified atom stereocenters. The smallest absolute Gasteiger partial charge is 0.183 e. The molecule has 0 radical (unpaired) electrons. The molecule has 138 valence electrons. The van der Waals surface area contributed by atoms with E-state index in [0.29, 0.717) is 30.3 Å². The highest BCUT2D eigenvalue weighted by atomic mass is 32.1. The molecule has 26 heavy (non-hydrogen) atoms. The summed E-state index contributed by atoms with van der Waals surface area (Å²) >= 11 is 1.26. The Kier molecular flexibility index (Phi) is 4.48. The maximum Gasteiger partial charge on any atom is 0.183 e. The van der Waals surface area contributed by atoms with Crippen LogP contribution in [0.4, 0.5) is 14.5 Å². The summed E-state index contributed by atoms with van der Waals surface area (Å²) in [7, 11) is 0. The first-order chi connectivity index (χ1) is 12.5. The minimum atomic E-state index is -1.02. The predicted molar refractivity (Wildman–Crippen MR) is 94.8 cm³/mol. The molecule has 0 amide bonds. The highest BCUT2D eigenvalue weighted by Gasteiger charge is 2.31. The molecule has 1 saturated carbocycles. The van der Waals surface area contributed by atoms with Crippen molar-refractivity contribution >= 4 is 23.3 Å². The van der Waals surface area contributed by atoms with E-state index in [4.69, 9.17) is 4.74 Å². The van der Waals surface area contributed by atoms with E-state index in [2.05, 4.69) is 10.2 Å². The monoisotopic (exact) mass is 379 g/mol. The molecule has 5 nitrogen and oxygen atoms in total. The van der Waals surface area contributed by atoms with E-state index in [1.54, 1.807) is 4.90 Å². The number of benzene rings is 1. The summed E-state index contributed by atoms with van der Waals surface area (Å²) in [5.74, 6) is -1.62. The molecule has 2 fully saturated rings. The first kappa shape index (κ1) is 17.5. The van der Waals surface area contributed by atoms with Crippen LogP contribution >= 0.6 is 11.3 Å². The molecule has 0 N–H and O–H groups in total. The van der Waals surface area contributed by atoms with E-state index in [1.165, 1.54) is 17.4 Å². The van der Waals surface area contributed by atoms with Crippen LogP contribution in [0.25, 0.3) is 10.6 Å². The minimum absolute atomic E-state index is 0.00446. The van der Waals surface area contributed by atoms with Gasteiger partial charge in [-0.05, 0) is 32.8 Å². The van der Waals surface area contributed by atoms with Crippen molar-refractivity contribution in [2.75, 3.05) is 18.0 Å². The van der Waals surface area contributed by atoms with E-state index >= 15 is 0 Å². The van der Waals surface area contributed by atoms with Gasteiger partial charge < -0.3 is 9.64 Å². The van der Waals surface area contributed by atoms with Crippen LogP contribution in [0, 0.1) is 11.6 Å². The summed E-state index contributed by atoms with van der Waals surface area (Å²) in [6.45, 7) is 4.52. The summed E-state index contributed by atoms with van der Waals surface area (Å²) in [6.07, 6.45) is 2.40. The van der Waals surface area contributed by atoms with Crippen molar-refractivity contribution in [3.63, 3.8) is 0 Å². The lowest BCUT2D eigenvalue weighted by atomic mass is 10.1. The molecule has 0 bridgehead atoms. The number of morpholine rings is 1. The molecule has 2 heterocycles. The third-order valence-electron chi connectivity index (χ3n) is 4.67. The van der Waals surface area contributed by atoms with Crippen LogP contribution in [0.1, 0.15) is 48.0 Å². The quantitative estimate of drug-likeness (QED) is 0.757. The SMILES string of the molecule is CC1CN(c2c(C=O)cc(-c3nnc(C4CC4)s3)c(F)c2F)CC(C)O1. The minimum Gasteiger partial charge on any atom is -0.372 e. The van der Waals surface area contributed by atoms with Crippen molar-refractivity contribution < 1.29 is 18.3 Å². The van der Waals surface area contributed by atoms with Gasteiger partial charge in [0.25, 0.3) is 0 Å². The number of aromatic nitrogens is 2. The van der Waals surface area contributed by atoms with Gasteiger partial charge in [-0.2, -0.15) is 0 Å². The van der Waals surface area contributed by atoms with Crippen LogP contribution in [-0.2, 0) is 4.74 Å². The molecule has 1 aromatic heterocycles. The zero-order valence-electron chi connectivity index (χ0n) is 14.5. The van der Waals surface area contributed by atoms with E-state index < -0.39 is 11.6 Å². The van der Waals surface area contributed by atoms with Gasteiger partial charge in [-0.1, -0.05) is 11.3 Å². The maximum absolute atomic E-state index is 15.0. The molecule has 1 aliphatic carbocycles. The number of nitrogens with zero attached hydrogens (tertiary/aromatic N) is 3. The number of ether oxygens (including phenoxy) is 1. The Hall–Kier alpha value is -1.93. The molecule has 2 atom stereocenters. The van der Waals surface area contributed by atoms with Crippen LogP contribution in [0.15, 0.2) is 6.07 Å².